The number of halogens is 4. The van der Waals surface area contributed by atoms with E-state index >= 15 is 0 Å². The van der Waals surface area contributed by atoms with E-state index in [1.807, 2.05) is 0 Å². The minimum atomic E-state index is -4.84. The number of amides is 1. The third-order valence-electron chi connectivity index (χ3n) is 4.58. The minimum Gasteiger partial charge on any atom is -0.435 e. The molecule has 1 aromatic heterocycles. The van der Waals surface area contributed by atoms with Crippen molar-refractivity contribution in [3.05, 3.63) is 69.3 Å². The number of nitrogens with zero attached hydrogens (tertiary/aromatic N) is 2. The molecule has 7 nitrogen and oxygen atoms in total. The summed E-state index contributed by atoms with van der Waals surface area (Å²) in [7, 11) is -3.07. The highest BCUT2D eigenvalue weighted by Gasteiger charge is 2.38. The first kappa shape index (κ1) is 24.6. The van der Waals surface area contributed by atoms with Crippen molar-refractivity contribution in [1.29, 1.82) is 4.78 Å². The second kappa shape index (κ2) is 9.10. The van der Waals surface area contributed by atoms with Gasteiger partial charge in [0.05, 0.1) is 14.2 Å². The van der Waals surface area contributed by atoms with Crippen LogP contribution in [0.25, 0.3) is 0 Å². The predicted molar refractivity (Wildman–Crippen MR) is 120 cm³/mol. The van der Waals surface area contributed by atoms with Crippen molar-refractivity contribution >= 4 is 37.3 Å². The zero-order valence-corrected chi connectivity index (χ0v) is 20.0. The van der Waals surface area contributed by atoms with E-state index in [1.54, 1.807) is 25.1 Å². The fourth-order valence-electron chi connectivity index (χ4n) is 2.96. The molecule has 33 heavy (non-hydrogen) atoms. The number of hydrogen-bond acceptors (Lipinski definition) is 6. The SMILES string of the molecule is Cc1cccc(Br)c1Oc1nnc(C(F)(F)F)c(C)c1C(=O)Nc1cccc(S(C)(=N)=O)c1. The first-order valence-electron chi connectivity index (χ1n) is 9.31. The number of hydrogen-bond donors (Lipinski definition) is 2. The van der Waals surface area contributed by atoms with Crippen molar-refractivity contribution in [1.82, 2.24) is 10.2 Å². The summed E-state index contributed by atoms with van der Waals surface area (Å²) in [5.41, 5.74) is -1.45. The van der Waals surface area contributed by atoms with E-state index in [4.69, 9.17) is 9.52 Å². The molecule has 0 aliphatic heterocycles. The van der Waals surface area contributed by atoms with E-state index in [1.165, 1.54) is 30.5 Å². The molecule has 174 valence electrons. The zero-order valence-electron chi connectivity index (χ0n) is 17.6. The summed E-state index contributed by atoms with van der Waals surface area (Å²) < 4.78 is 66.3. The van der Waals surface area contributed by atoms with Crippen LogP contribution in [0.5, 0.6) is 11.6 Å². The number of aryl methyl sites for hydroxylation is 1. The zero-order chi connectivity index (χ0) is 24.6. The van der Waals surface area contributed by atoms with Crippen molar-refractivity contribution < 1.29 is 26.9 Å². The average molecular weight is 543 g/mol. The van der Waals surface area contributed by atoms with Crippen molar-refractivity contribution in [3.8, 4) is 11.6 Å². The van der Waals surface area contributed by atoms with Gasteiger partial charge in [-0.2, -0.15) is 13.2 Å². The topological polar surface area (TPSA) is 105 Å². The van der Waals surface area contributed by atoms with Crippen molar-refractivity contribution in [2.24, 2.45) is 0 Å². The lowest BCUT2D eigenvalue weighted by atomic mass is 10.1. The van der Waals surface area contributed by atoms with Crippen LogP contribution in [0.15, 0.2) is 51.8 Å². The Balaban J connectivity index is 2.11. The molecule has 0 saturated carbocycles. The monoisotopic (exact) mass is 542 g/mol. The predicted octanol–water partition coefficient (Wildman–Crippen LogP) is 5.95. The Kier molecular flexibility index (Phi) is 6.80. The first-order chi connectivity index (χ1) is 15.3. The maximum absolute atomic E-state index is 13.5. The molecule has 3 aromatic rings. The summed E-state index contributed by atoms with van der Waals surface area (Å²) >= 11 is 3.31. The van der Waals surface area contributed by atoms with E-state index in [2.05, 4.69) is 31.4 Å². The summed E-state index contributed by atoms with van der Waals surface area (Å²) in [5, 5.41) is 9.27. The Morgan fingerprint density at radius 2 is 1.82 bits per heavy atom. The van der Waals surface area contributed by atoms with Gasteiger partial charge in [-0.25, -0.2) is 8.99 Å². The number of rotatable bonds is 5. The molecular formula is C21H18BrF3N4O3S. The van der Waals surface area contributed by atoms with Crippen LogP contribution in [0.4, 0.5) is 18.9 Å². The standard InChI is InChI=1S/C21H18BrF3N4O3S/c1-11-6-4-9-15(22)17(11)32-20-16(12(2)18(28-29-20)21(23,24)25)19(30)27-13-7-5-8-14(10-13)33(3,26)31/h4-10,26H,1-3H3,(H,27,30). The number of aromatic nitrogens is 2. The second-order valence-electron chi connectivity index (χ2n) is 7.17. The van der Waals surface area contributed by atoms with Gasteiger partial charge < -0.3 is 10.1 Å². The summed E-state index contributed by atoms with van der Waals surface area (Å²) in [6.45, 7) is 2.82. The van der Waals surface area contributed by atoms with Gasteiger partial charge in [0, 0.05) is 16.8 Å². The number of benzene rings is 2. The second-order valence-corrected chi connectivity index (χ2v) is 10.2. The van der Waals surface area contributed by atoms with Crippen molar-refractivity contribution in [3.63, 3.8) is 0 Å². The molecule has 0 spiro atoms. The molecule has 1 amide bonds. The highest BCUT2D eigenvalue weighted by Crippen LogP contribution is 2.37. The van der Waals surface area contributed by atoms with E-state index in [0.29, 0.717) is 10.0 Å². The Bertz CT molecular complexity index is 1320. The average Bonchev–Trinajstić information content (AvgIpc) is 2.69. The highest BCUT2D eigenvalue weighted by molar-refractivity contribution is 9.10. The van der Waals surface area contributed by atoms with Crippen LogP contribution < -0.4 is 10.1 Å². The summed E-state index contributed by atoms with van der Waals surface area (Å²) in [4.78, 5) is 13.3. The van der Waals surface area contributed by atoms with Gasteiger partial charge in [-0.15, -0.1) is 10.2 Å². The minimum absolute atomic E-state index is 0.145. The van der Waals surface area contributed by atoms with Gasteiger partial charge in [-0.3, -0.25) is 4.79 Å². The molecule has 1 atom stereocenters. The van der Waals surface area contributed by atoms with Crippen LogP contribution in [0.2, 0.25) is 0 Å². The molecule has 0 aliphatic rings. The Morgan fingerprint density at radius 1 is 1.15 bits per heavy atom. The Hall–Kier alpha value is -2.99. The smallest absolute Gasteiger partial charge is 0.435 e. The third kappa shape index (κ3) is 5.50. The molecule has 0 radical (unpaired) electrons. The molecular weight excluding hydrogens is 525 g/mol. The van der Waals surface area contributed by atoms with E-state index in [-0.39, 0.29) is 16.3 Å². The van der Waals surface area contributed by atoms with Gasteiger partial charge in [0.15, 0.2) is 5.69 Å². The molecule has 1 heterocycles. The third-order valence-corrected chi connectivity index (χ3v) is 6.36. The van der Waals surface area contributed by atoms with Crippen LogP contribution in [0.3, 0.4) is 0 Å². The number of carbonyl (C=O) groups is 1. The lowest BCUT2D eigenvalue weighted by Crippen LogP contribution is -2.21. The maximum atomic E-state index is 13.5. The van der Waals surface area contributed by atoms with E-state index in [9.17, 15) is 22.2 Å². The Labute approximate surface area is 196 Å². The number of para-hydroxylation sites is 1. The number of anilines is 1. The number of ether oxygens (including phenoxy) is 1. The number of nitrogens with one attached hydrogen (secondary N) is 2. The van der Waals surface area contributed by atoms with Gasteiger partial charge in [-0.05, 0) is 65.2 Å². The number of alkyl halides is 3. The molecule has 2 aromatic carbocycles. The fraction of sp³-hybridized carbons (Fsp3) is 0.190. The largest absolute Gasteiger partial charge is 0.435 e. The van der Waals surface area contributed by atoms with Crippen LogP contribution in [0.1, 0.15) is 27.2 Å². The molecule has 3 rings (SSSR count). The molecule has 1 unspecified atom stereocenters. The van der Waals surface area contributed by atoms with Crippen molar-refractivity contribution in [2.45, 2.75) is 24.9 Å². The normalized spacial score (nSPS) is 13.3. The summed E-state index contributed by atoms with van der Waals surface area (Å²) in [5.74, 6) is -1.08. The lowest BCUT2D eigenvalue weighted by Gasteiger charge is -2.17. The van der Waals surface area contributed by atoms with Crippen molar-refractivity contribution in [2.75, 3.05) is 11.6 Å². The first-order valence-corrected chi connectivity index (χ1v) is 12.1. The molecule has 12 heteroatoms. The quantitative estimate of drug-likeness (QED) is 0.414. The molecule has 2 N–H and O–H groups in total. The van der Waals surface area contributed by atoms with Gasteiger partial charge >= 0.3 is 6.18 Å². The number of carbonyl (C=O) groups excluding carboxylic acids is 1. The van der Waals surface area contributed by atoms with Gasteiger partial charge in [-0.1, -0.05) is 18.2 Å². The fourth-order valence-corrected chi connectivity index (χ4v) is 4.20. The molecule has 0 saturated heterocycles. The van der Waals surface area contributed by atoms with Gasteiger partial charge in [0.25, 0.3) is 11.8 Å². The lowest BCUT2D eigenvalue weighted by molar-refractivity contribution is -0.142. The van der Waals surface area contributed by atoms with E-state index in [0.717, 1.165) is 6.92 Å². The van der Waals surface area contributed by atoms with Crippen LogP contribution in [-0.4, -0.2) is 26.6 Å². The summed E-state index contributed by atoms with van der Waals surface area (Å²) in [6, 6.07) is 10.8. The molecule has 0 aliphatic carbocycles. The maximum Gasteiger partial charge on any atom is 0.435 e. The Morgan fingerprint density at radius 3 is 2.42 bits per heavy atom. The summed E-state index contributed by atoms with van der Waals surface area (Å²) in [6.07, 6.45) is -3.63. The molecule has 0 fully saturated rings. The van der Waals surface area contributed by atoms with Gasteiger partial charge in [0.2, 0.25) is 0 Å². The van der Waals surface area contributed by atoms with Crippen LogP contribution in [0, 0.1) is 18.6 Å². The van der Waals surface area contributed by atoms with Crippen LogP contribution in [-0.2, 0) is 15.9 Å². The van der Waals surface area contributed by atoms with Gasteiger partial charge in [0.1, 0.15) is 11.3 Å². The van der Waals surface area contributed by atoms with E-state index < -0.39 is 44.5 Å². The van der Waals surface area contributed by atoms with Crippen LogP contribution >= 0.6 is 15.9 Å². The highest BCUT2D eigenvalue weighted by atomic mass is 79.9. The molecule has 0 bridgehead atoms.